The van der Waals surface area contributed by atoms with Crippen LogP contribution in [0.15, 0.2) is 79.4 Å². The maximum absolute atomic E-state index is 6.06. The molecule has 158 valence electrons. The Morgan fingerprint density at radius 3 is 2.50 bits per heavy atom. The Kier molecular flexibility index (Phi) is 4.58. The van der Waals surface area contributed by atoms with Gasteiger partial charge in [0.15, 0.2) is 0 Å². The summed E-state index contributed by atoms with van der Waals surface area (Å²) in [5.74, 6) is 0.869. The molecule has 6 rings (SSSR count). The van der Waals surface area contributed by atoms with Crippen molar-refractivity contribution in [2.75, 3.05) is 18.0 Å². The van der Waals surface area contributed by atoms with Crippen LogP contribution in [0.3, 0.4) is 0 Å². The second-order valence-electron chi connectivity index (χ2n) is 8.42. The third-order valence-electron chi connectivity index (χ3n) is 6.37. The van der Waals surface area contributed by atoms with Crippen LogP contribution in [-0.4, -0.2) is 38.7 Å². The molecule has 6 heteroatoms. The smallest absolute Gasteiger partial charge is 0.139 e. The maximum atomic E-state index is 6.06. The predicted octanol–water partition coefficient (Wildman–Crippen LogP) is 4.56. The monoisotopic (exact) mass is 420 g/mol. The summed E-state index contributed by atoms with van der Waals surface area (Å²) in [4.78, 5) is 16.1. The quantitative estimate of drug-likeness (QED) is 0.463. The summed E-state index contributed by atoms with van der Waals surface area (Å²) in [7, 11) is 0. The highest BCUT2D eigenvalue weighted by molar-refractivity contribution is 5.86. The van der Waals surface area contributed by atoms with Crippen LogP contribution < -0.4 is 10.6 Å². The Balaban J connectivity index is 1.33. The van der Waals surface area contributed by atoms with Gasteiger partial charge >= 0.3 is 0 Å². The van der Waals surface area contributed by atoms with Crippen LogP contribution in [-0.2, 0) is 0 Å². The van der Waals surface area contributed by atoms with Crippen molar-refractivity contribution in [1.82, 2.24) is 19.5 Å². The minimum absolute atomic E-state index is 0.335. The molecule has 6 nitrogen and oxygen atoms in total. The Morgan fingerprint density at radius 2 is 1.66 bits per heavy atom. The molecule has 5 aromatic rings. The highest BCUT2D eigenvalue weighted by atomic mass is 15.1. The normalized spacial score (nSPS) is 15.0. The van der Waals surface area contributed by atoms with Crippen LogP contribution in [0.2, 0.25) is 0 Å². The summed E-state index contributed by atoms with van der Waals surface area (Å²) in [6, 6.07) is 21.4. The van der Waals surface area contributed by atoms with E-state index in [1.54, 1.807) is 0 Å². The van der Waals surface area contributed by atoms with Crippen LogP contribution >= 0.6 is 0 Å². The maximum Gasteiger partial charge on any atom is 0.139 e. The zero-order valence-electron chi connectivity index (χ0n) is 17.7. The number of nitrogens with two attached hydrogens (primary N) is 1. The van der Waals surface area contributed by atoms with Gasteiger partial charge in [-0.25, -0.2) is 9.97 Å². The van der Waals surface area contributed by atoms with E-state index in [-0.39, 0.29) is 0 Å². The standard InChI is InChI=1S/C26H24N6/c27-21-9-13-31(14-10-21)22-3-4-23-20(15-22)2-6-26(30-23)32-17-29-24-16-19(1-5-25(24)32)18-7-11-28-12-8-18/h1-8,11-12,15-17,21H,9-10,13-14,27H2. The van der Waals surface area contributed by atoms with E-state index < -0.39 is 0 Å². The number of hydrogen-bond donors (Lipinski definition) is 1. The first kappa shape index (κ1) is 19.0. The molecule has 2 aromatic carbocycles. The van der Waals surface area contributed by atoms with Gasteiger partial charge in [0.1, 0.15) is 12.1 Å². The number of fused-ring (bicyclic) bond motifs is 2. The molecule has 32 heavy (non-hydrogen) atoms. The molecule has 0 radical (unpaired) electrons. The van der Waals surface area contributed by atoms with E-state index in [9.17, 15) is 0 Å². The number of aromatic nitrogens is 4. The lowest BCUT2D eigenvalue weighted by molar-refractivity contribution is 0.501. The summed E-state index contributed by atoms with van der Waals surface area (Å²) in [6.07, 6.45) is 7.56. The Hall–Kier alpha value is -3.77. The van der Waals surface area contributed by atoms with Crippen molar-refractivity contribution >= 4 is 27.6 Å². The second kappa shape index (κ2) is 7.73. The fourth-order valence-corrected chi connectivity index (χ4v) is 4.51. The molecule has 0 amide bonds. The molecule has 1 aliphatic heterocycles. The lowest BCUT2D eigenvalue weighted by Gasteiger charge is -2.32. The summed E-state index contributed by atoms with van der Waals surface area (Å²) in [5, 5.41) is 1.14. The van der Waals surface area contributed by atoms with Gasteiger partial charge in [0.2, 0.25) is 0 Å². The molecule has 0 aliphatic carbocycles. The number of imidazole rings is 1. The summed E-state index contributed by atoms with van der Waals surface area (Å²) in [5.41, 5.74) is 12.5. The second-order valence-corrected chi connectivity index (χ2v) is 8.42. The van der Waals surface area contributed by atoms with E-state index in [4.69, 9.17) is 10.7 Å². The van der Waals surface area contributed by atoms with E-state index >= 15 is 0 Å². The fraction of sp³-hybridized carbons (Fsp3) is 0.192. The number of pyridine rings is 2. The van der Waals surface area contributed by atoms with Crippen molar-refractivity contribution in [2.45, 2.75) is 18.9 Å². The van der Waals surface area contributed by atoms with E-state index in [1.807, 2.05) is 35.4 Å². The van der Waals surface area contributed by atoms with E-state index in [1.165, 1.54) is 5.69 Å². The van der Waals surface area contributed by atoms with Gasteiger partial charge in [-0.15, -0.1) is 0 Å². The average Bonchev–Trinajstić information content (AvgIpc) is 3.28. The van der Waals surface area contributed by atoms with E-state index in [2.05, 4.69) is 63.4 Å². The zero-order chi connectivity index (χ0) is 21.5. The third-order valence-corrected chi connectivity index (χ3v) is 6.37. The van der Waals surface area contributed by atoms with Crippen LogP contribution in [0.5, 0.6) is 0 Å². The molecular weight excluding hydrogens is 396 g/mol. The van der Waals surface area contributed by atoms with E-state index in [0.717, 1.165) is 64.8 Å². The molecular formula is C26H24N6. The predicted molar refractivity (Wildman–Crippen MR) is 129 cm³/mol. The van der Waals surface area contributed by atoms with Crippen molar-refractivity contribution in [1.29, 1.82) is 0 Å². The Morgan fingerprint density at radius 1 is 0.812 bits per heavy atom. The molecule has 2 N–H and O–H groups in total. The molecule has 0 unspecified atom stereocenters. The number of rotatable bonds is 3. The number of nitrogens with zero attached hydrogens (tertiary/aromatic N) is 5. The van der Waals surface area contributed by atoms with Crippen LogP contribution in [0.4, 0.5) is 5.69 Å². The summed E-state index contributed by atoms with van der Waals surface area (Å²) in [6.45, 7) is 2.03. The van der Waals surface area contributed by atoms with Gasteiger partial charge in [-0.05, 0) is 78.6 Å². The number of anilines is 1. The molecule has 1 aliphatic rings. The topological polar surface area (TPSA) is 72.9 Å². The highest BCUT2D eigenvalue weighted by Crippen LogP contribution is 2.27. The molecule has 3 aromatic heterocycles. The molecule has 4 heterocycles. The molecule has 0 spiro atoms. The largest absolute Gasteiger partial charge is 0.371 e. The van der Waals surface area contributed by atoms with Crippen LogP contribution in [0, 0.1) is 0 Å². The molecule has 1 saturated heterocycles. The minimum atomic E-state index is 0.335. The summed E-state index contributed by atoms with van der Waals surface area (Å²) < 4.78 is 2.05. The van der Waals surface area contributed by atoms with Crippen molar-refractivity contribution < 1.29 is 0 Å². The van der Waals surface area contributed by atoms with E-state index in [0.29, 0.717) is 6.04 Å². The van der Waals surface area contributed by atoms with Crippen LogP contribution in [0.25, 0.3) is 38.9 Å². The summed E-state index contributed by atoms with van der Waals surface area (Å²) >= 11 is 0. The average molecular weight is 421 g/mol. The van der Waals surface area contributed by atoms with Gasteiger partial charge < -0.3 is 10.6 Å². The molecule has 0 saturated carbocycles. The van der Waals surface area contributed by atoms with Crippen LogP contribution in [0.1, 0.15) is 12.8 Å². The molecule has 0 atom stereocenters. The first-order valence-corrected chi connectivity index (χ1v) is 11.0. The van der Waals surface area contributed by atoms with Crippen molar-refractivity contribution in [3.05, 3.63) is 79.4 Å². The first-order valence-electron chi connectivity index (χ1n) is 11.0. The van der Waals surface area contributed by atoms with Crippen molar-refractivity contribution in [2.24, 2.45) is 5.73 Å². The van der Waals surface area contributed by atoms with Gasteiger partial charge in [0.05, 0.1) is 16.6 Å². The van der Waals surface area contributed by atoms with Gasteiger partial charge in [-0.2, -0.15) is 0 Å². The molecule has 1 fully saturated rings. The number of piperidine rings is 1. The van der Waals surface area contributed by atoms with Gasteiger partial charge in [-0.1, -0.05) is 6.07 Å². The van der Waals surface area contributed by atoms with Crippen molar-refractivity contribution in [3.63, 3.8) is 0 Å². The lowest BCUT2D eigenvalue weighted by atomic mass is 10.0. The van der Waals surface area contributed by atoms with Gasteiger partial charge in [0.25, 0.3) is 0 Å². The highest BCUT2D eigenvalue weighted by Gasteiger charge is 2.17. The Bertz CT molecular complexity index is 1400. The lowest BCUT2D eigenvalue weighted by Crippen LogP contribution is -2.39. The van der Waals surface area contributed by atoms with Crippen molar-refractivity contribution in [3.8, 4) is 16.9 Å². The van der Waals surface area contributed by atoms with Gasteiger partial charge in [0, 0.05) is 42.6 Å². The number of benzene rings is 2. The SMILES string of the molecule is NC1CCN(c2ccc3nc(-n4cnc5cc(-c6ccncc6)ccc54)ccc3c2)CC1. The first-order chi connectivity index (χ1) is 15.7. The molecule has 0 bridgehead atoms. The third kappa shape index (κ3) is 3.39. The number of hydrogen-bond acceptors (Lipinski definition) is 5. The zero-order valence-corrected chi connectivity index (χ0v) is 17.7. The van der Waals surface area contributed by atoms with Gasteiger partial charge in [-0.3, -0.25) is 9.55 Å². The Labute approximate surface area is 186 Å². The minimum Gasteiger partial charge on any atom is -0.371 e. The fourth-order valence-electron chi connectivity index (χ4n) is 4.51.